The first-order valence-electron chi connectivity index (χ1n) is 5.61. The molecule has 0 fully saturated rings. The fraction of sp³-hybridized carbons (Fsp3) is 0.231. The third kappa shape index (κ3) is 3.25. The standard InChI is InChI=1S/C13H14N2O4/c1-17-10-3-5-11(6-4-10)19-9-15-8-7-12(14-15)13(16)18-2/h3-8H,9H2,1-2H3. The van der Waals surface area contributed by atoms with Gasteiger partial charge in [-0.2, -0.15) is 5.10 Å². The Hall–Kier alpha value is -2.50. The molecular formula is C13H14N2O4. The SMILES string of the molecule is COC(=O)c1ccn(COc2ccc(OC)cc2)n1. The van der Waals surface area contributed by atoms with E-state index >= 15 is 0 Å². The van der Waals surface area contributed by atoms with Crippen LogP contribution in [0.5, 0.6) is 11.5 Å². The molecule has 19 heavy (non-hydrogen) atoms. The van der Waals surface area contributed by atoms with E-state index in [0.717, 1.165) is 5.75 Å². The number of benzene rings is 1. The number of aromatic nitrogens is 2. The topological polar surface area (TPSA) is 62.6 Å². The Morgan fingerprint density at radius 3 is 2.47 bits per heavy atom. The summed E-state index contributed by atoms with van der Waals surface area (Å²) >= 11 is 0. The zero-order valence-electron chi connectivity index (χ0n) is 10.7. The maximum atomic E-state index is 11.2. The molecule has 1 aromatic carbocycles. The fourth-order valence-corrected chi connectivity index (χ4v) is 1.46. The molecule has 0 N–H and O–H groups in total. The molecule has 0 aliphatic carbocycles. The average Bonchev–Trinajstić information content (AvgIpc) is 2.93. The van der Waals surface area contributed by atoms with Crippen LogP contribution in [0.2, 0.25) is 0 Å². The molecule has 2 aromatic rings. The molecule has 0 saturated carbocycles. The van der Waals surface area contributed by atoms with E-state index in [0.29, 0.717) is 5.75 Å². The van der Waals surface area contributed by atoms with Crippen LogP contribution in [0.15, 0.2) is 36.5 Å². The van der Waals surface area contributed by atoms with Crippen molar-refractivity contribution in [1.82, 2.24) is 9.78 Å². The summed E-state index contributed by atoms with van der Waals surface area (Å²) in [5, 5.41) is 4.02. The second kappa shape index (κ2) is 5.90. The molecule has 0 saturated heterocycles. The summed E-state index contributed by atoms with van der Waals surface area (Å²) in [7, 11) is 2.92. The lowest BCUT2D eigenvalue weighted by molar-refractivity contribution is 0.0592. The highest BCUT2D eigenvalue weighted by molar-refractivity contribution is 5.86. The van der Waals surface area contributed by atoms with Crippen LogP contribution in [0, 0.1) is 0 Å². The molecule has 6 nitrogen and oxygen atoms in total. The molecule has 0 amide bonds. The molecule has 0 unspecified atom stereocenters. The number of rotatable bonds is 5. The maximum absolute atomic E-state index is 11.2. The molecule has 0 bridgehead atoms. The normalized spacial score (nSPS) is 10.0. The van der Waals surface area contributed by atoms with Crippen LogP contribution in [0.4, 0.5) is 0 Å². The lowest BCUT2D eigenvalue weighted by Gasteiger charge is -2.06. The maximum Gasteiger partial charge on any atom is 0.358 e. The van der Waals surface area contributed by atoms with E-state index in [-0.39, 0.29) is 12.4 Å². The Kier molecular flexibility index (Phi) is 4.02. The Morgan fingerprint density at radius 1 is 1.16 bits per heavy atom. The number of nitrogens with zero attached hydrogens (tertiary/aromatic N) is 2. The summed E-state index contributed by atoms with van der Waals surface area (Å²) in [6.07, 6.45) is 1.65. The molecule has 0 radical (unpaired) electrons. The third-order valence-corrected chi connectivity index (χ3v) is 2.46. The second-order valence-corrected chi connectivity index (χ2v) is 3.68. The predicted molar refractivity (Wildman–Crippen MR) is 67.2 cm³/mol. The highest BCUT2D eigenvalue weighted by Crippen LogP contribution is 2.17. The number of carbonyl (C=O) groups is 1. The molecule has 6 heteroatoms. The number of hydrogen-bond donors (Lipinski definition) is 0. The third-order valence-electron chi connectivity index (χ3n) is 2.46. The van der Waals surface area contributed by atoms with Crippen molar-refractivity contribution in [2.24, 2.45) is 0 Å². The number of ether oxygens (including phenoxy) is 3. The Labute approximate surface area is 110 Å². The Balaban J connectivity index is 1.94. The van der Waals surface area contributed by atoms with Crippen LogP contribution in [0.3, 0.4) is 0 Å². The van der Waals surface area contributed by atoms with E-state index in [2.05, 4.69) is 9.84 Å². The second-order valence-electron chi connectivity index (χ2n) is 3.68. The molecular weight excluding hydrogens is 248 g/mol. The smallest absolute Gasteiger partial charge is 0.358 e. The molecule has 1 heterocycles. The van der Waals surface area contributed by atoms with Crippen molar-refractivity contribution < 1.29 is 19.0 Å². The van der Waals surface area contributed by atoms with Crippen molar-refractivity contribution in [3.8, 4) is 11.5 Å². The number of methoxy groups -OCH3 is 2. The van der Waals surface area contributed by atoms with Gasteiger partial charge in [0.05, 0.1) is 14.2 Å². The van der Waals surface area contributed by atoms with Gasteiger partial charge in [0.2, 0.25) is 0 Å². The first-order valence-corrected chi connectivity index (χ1v) is 5.61. The van der Waals surface area contributed by atoms with Gasteiger partial charge in [0.25, 0.3) is 0 Å². The Morgan fingerprint density at radius 2 is 1.84 bits per heavy atom. The van der Waals surface area contributed by atoms with Gasteiger partial charge in [0.15, 0.2) is 12.4 Å². The van der Waals surface area contributed by atoms with Gasteiger partial charge in [0.1, 0.15) is 11.5 Å². The monoisotopic (exact) mass is 262 g/mol. The minimum Gasteiger partial charge on any atom is -0.497 e. The molecule has 0 aliphatic heterocycles. The average molecular weight is 262 g/mol. The molecule has 0 aliphatic rings. The molecule has 1 aromatic heterocycles. The van der Waals surface area contributed by atoms with Gasteiger partial charge in [-0.3, -0.25) is 0 Å². The van der Waals surface area contributed by atoms with Crippen LogP contribution in [0.1, 0.15) is 10.5 Å². The largest absolute Gasteiger partial charge is 0.497 e. The van der Waals surface area contributed by atoms with E-state index in [1.54, 1.807) is 43.6 Å². The highest BCUT2D eigenvalue weighted by atomic mass is 16.5. The van der Waals surface area contributed by atoms with Gasteiger partial charge in [-0.05, 0) is 30.3 Å². The predicted octanol–water partition coefficient (Wildman–Crippen LogP) is 1.71. The van der Waals surface area contributed by atoms with Gasteiger partial charge in [-0.25, -0.2) is 9.48 Å². The van der Waals surface area contributed by atoms with Crippen LogP contribution in [-0.4, -0.2) is 30.0 Å². The van der Waals surface area contributed by atoms with Crippen molar-refractivity contribution in [3.63, 3.8) is 0 Å². The number of esters is 1. The highest BCUT2D eigenvalue weighted by Gasteiger charge is 2.08. The van der Waals surface area contributed by atoms with Gasteiger partial charge < -0.3 is 14.2 Å². The van der Waals surface area contributed by atoms with Crippen LogP contribution in [-0.2, 0) is 11.5 Å². The summed E-state index contributed by atoms with van der Waals surface area (Å²) < 4.78 is 16.6. The van der Waals surface area contributed by atoms with E-state index in [4.69, 9.17) is 9.47 Å². The summed E-state index contributed by atoms with van der Waals surface area (Å²) in [5.41, 5.74) is 0.251. The van der Waals surface area contributed by atoms with Gasteiger partial charge in [0, 0.05) is 6.20 Å². The van der Waals surface area contributed by atoms with Crippen molar-refractivity contribution in [3.05, 3.63) is 42.2 Å². The lowest BCUT2D eigenvalue weighted by Crippen LogP contribution is -2.08. The van der Waals surface area contributed by atoms with Crippen LogP contribution < -0.4 is 9.47 Å². The van der Waals surface area contributed by atoms with E-state index in [9.17, 15) is 4.79 Å². The van der Waals surface area contributed by atoms with Gasteiger partial charge in [-0.15, -0.1) is 0 Å². The van der Waals surface area contributed by atoms with Gasteiger partial charge in [-0.1, -0.05) is 0 Å². The molecule has 0 atom stereocenters. The first kappa shape index (κ1) is 12.9. The summed E-state index contributed by atoms with van der Waals surface area (Å²) in [6.45, 7) is 0.212. The Bertz CT molecular complexity index is 548. The van der Waals surface area contributed by atoms with E-state index in [1.807, 2.05) is 0 Å². The van der Waals surface area contributed by atoms with E-state index < -0.39 is 5.97 Å². The van der Waals surface area contributed by atoms with E-state index in [1.165, 1.54) is 11.8 Å². The van der Waals surface area contributed by atoms with Crippen LogP contribution >= 0.6 is 0 Å². The summed E-state index contributed by atoms with van der Waals surface area (Å²) in [5.74, 6) is 0.985. The first-order chi connectivity index (χ1) is 9.22. The fourth-order valence-electron chi connectivity index (χ4n) is 1.46. The molecule has 0 spiro atoms. The number of hydrogen-bond acceptors (Lipinski definition) is 5. The zero-order valence-corrected chi connectivity index (χ0v) is 10.7. The van der Waals surface area contributed by atoms with Gasteiger partial charge >= 0.3 is 5.97 Å². The number of carbonyl (C=O) groups excluding carboxylic acids is 1. The van der Waals surface area contributed by atoms with Crippen molar-refractivity contribution in [1.29, 1.82) is 0 Å². The zero-order chi connectivity index (χ0) is 13.7. The summed E-state index contributed by atoms with van der Waals surface area (Å²) in [4.78, 5) is 11.2. The minimum atomic E-state index is -0.469. The summed E-state index contributed by atoms with van der Waals surface area (Å²) in [6, 6.07) is 8.77. The molecule has 100 valence electrons. The lowest BCUT2D eigenvalue weighted by atomic mass is 10.3. The molecule has 2 rings (SSSR count). The van der Waals surface area contributed by atoms with Crippen molar-refractivity contribution in [2.45, 2.75) is 6.73 Å². The van der Waals surface area contributed by atoms with Crippen molar-refractivity contribution >= 4 is 5.97 Å². The van der Waals surface area contributed by atoms with Crippen molar-refractivity contribution in [2.75, 3.05) is 14.2 Å². The quantitative estimate of drug-likeness (QED) is 0.768. The minimum absolute atomic E-state index is 0.212. The van der Waals surface area contributed by atoms with Crippen LogP contribution in [0.25, 0.3) is 0 Å².